The summed E-state index contributed by atoms with van der Waals surface area (Å²) in [6, 6.07) is 9.17. The van der Waals surface area contributed by atoms with E-state index in [0.29, 0.717) is 12.1 Å². The fourth-order valence-electron chi connectivity index (χ4n) is 2.15. The van der Waals surface area contributed by atoms with Gasteiger partial charge in [-0.25, -0.2) is 5.01 Å². The molecular formula is C21H34N2O3. The molecule has 1 fully saturated rings. The van der Waals surface area contributed by atoms with Crippen molar-refractivity contribution in [2.75, 3.05) is 18.2 Å². The molecule has 0 aromatic heterocycles. The molecule has 0 aliphatic carbocycles. The van der Waals surface area contributed by atoms with Crippen molar-refractivity contribution >= 4 is 17.5 Å². The van der Waals surface area contributed by atoms with Gasteiger partial charge in [-0.15, -0.1) is 26.3 Å². The van der Waals surface area contributed by atoms with Crippen molar-refractivity contribution in [2.24, 2.45) is 5.92 Å². The summed E-state index contributed by atoms with van der Waals surface area (Å²) in [5.41, 5.74) is 3.34. The largest absolute Gasteiger partial charge is 0.382 e. The fraction of sp³-hybridized carbons (Fsp3) is 0.429. The van der Waals surface area contributed by atoms with E-state index in [-0.39, 0.29) is 11.8 Å². The van der Waals surface area contributed by atoms with Gasteiger partial charge in [-0.1, -0.05) is 38.0 Å². The Hall–Kier alpha value is -2.40. The minimum absolute atomic E-state index is 0.144. The van der Waals surface area contributed by atoms with Gasteiger partial charge in [0.15, 0.2) is 0 Å². The molecule has 0 radical (unpaired) electrons. The number of unbranched alkanes of at least 4 members (excludes halogenated alkanes) is 1. The van der Waals surface area contributed by atoms with Crippen LogP contribution < -0.4 is 10.4 Å². The lowest BCUT2D eigenvalue weighted by atomic mass is 10.0. The zero-order valence-electron chi connectivity index (χ0n) is 16.5. The number of hydrazine groups is 1. The molecule has 1 heterocycles. The van der Waals surface area contributed by atoms with E-state index in [0.717, 1.165) is 26.1 Å². The van der Waals surface area contributed by atoms with E-state index in [4.69, 9.17) is 4.74 Å². The van der Waals surface area contributed by atoms with E-state index in [9.17, 15) is 9.59 Å². The molecular weight excluding hydrogens is 328 g/mol. The number of carbonyl (C=O) groups excluding carboxylic acids is 2. The van der Waals surface area contributed by atoms with Crippen molar-refractivity contribution in [1.29, 1.82) is 0 Å². The van der Waals surface area contributed by atoms with Gasteiger partial charge >= 0.3 is 0 Å². The first-order valence-electron chi connectivity index (χ1n) is 8.92. The third kappa shape index (κ3) is 9.18. The topological polar surface area (TPSA) is 58.6 Å². The lowest BCUT2D eigenvalue weighted by Crippen LogP contribution is -2.35. The monoisotopic (exact) mass is 362 g/mol. The fourth-order valence-corrected chi connectivity index (χ4v) is 2.15. The van der Waals surface area contributed by atoms with Crippen LogP contribution >= 0.6 is 0 Å². The minimum atomic E-state index is -0.518. The molecule has 1 atom stereocenters. The highest BCUT2D eigenvalue weighted by atomic mass is 16.5. The smallest absolute Gasteiger partial charge is 0.258 e. The van der Waals surface area contributed by atoms with Crippen LogP contribution in [-0.4, -0.2) is 25.0 Å². The first-order chi connectivity index (χ1) is 12.7. The Bertz CT molecular complexity index is 487. The number of rotatable bonds is 6. The van der Waals surface area contributed by atoms with Crippen LogP contribution in [0.2, 0.25) is 0 Å². The average Bonchev–Trinajstić information content (AvgIpc) is 2.99. The number of ether oxygens (including phenoxy) is 1. The SMILES string of the molecule is C=C.C=C.CCCCC1C(=O)NN(c2ccccc2)C1=O.CCOCC. The summed E-state index contributed by atoms with van der Waals surface area (Å²) in [7, 11) is 0. The van der Waals surface area contributed by atoms with E-state index in [1.165, 1.54) is 5.01 Å². The molecule has 5 nitrogen and oxygen atoms in total. The molecule has 2 amide bonds. The van der Waals surface area contributed by atoms with Gasteiger partial charge in [-0.2, -0.15) is 0 Å². The zero-order valence-corrected chi connectivity index (χ0v) is 16.5. The van der Waals surface area contributed by atoms with Crippen LogP contribution in [0.15, 0.2) is 56.6 Å². The van der Waals surface area contributed by atoms with E-state index >= 15 is 0 Å². The molecule has 1 aromatic carbocycles. The maximum atomic E-state index is 12.1. The van der Waals surface area contributed by atoms with Crippen molar-refractivity contribution in [3.05, 3.63) is 56.6 Å². The van der Waals surface area contributed by atoms with E-state index in [2.05, 4.69) is 31.7 Å². The number of nitrogens with zero attached hydrogens (tertiary/aromatic N) is 1. The lowest BCUT2D eigenvalue weighted by Gasteiger charge is -2.14. The van der Waals surface area contributed by atoms with Crippen LogP contribution in [0.4, 0.5) is 5.69 Å². The highest BCUT2D eigenvalue weighted by Crippen LogP contribution is 2.22. The Morgan fingerprint density at radius 2 is 1.54 bits per heavy atom. The Morgan fingerprint density at radius 3 is 1.96 bits per heavy atom. The van der Waals surface area contributed by atoms with Crippen LogP contribution in [0.3, 0.4) is 0 Å². The molecule has 1 N–H and O–H groups in total. The number of amides is 2. The minimum Gasteiger partial charge on any atom is -0.382 e. The van der Waals surface area contributed by atoms with Crippen LogP contribution in [0.5, 0.6) is 0 Å². The molecule has 146 valence electrons. The van der Waals surface area contributed by atoms with Gasteiger partial charge in [0.1, 0.15) is 5.92 Å². The molecule has 26 heavy (non-hydrogen) atoms. The van der Waals surface area contributed by atoms with Crippen molar-refractivity contribution in [3.63, 3.8) is 0 Å². The van der Waals surface area contributed by atoms with Crippen LogP contribution in [-0.2, 0) is 14.3 Å². The van der Waals surface area contributed by atoms with Gasteiger partial charge in [0, 0.05) is 13.2 Å². The van der Waals surface area contributed by atoms with Crippen molar-refractivity contribution in [2.45, 2.75) is 40.0 Å². The Labute approximate surface area is 158 Å². The quantitative estimate of drug-likeness (QED) is 0.598. The molecule has 0 bridgehead atoms. The summed E-state index contributed by atoms with van der Waals surface area (Å²) in [4.78, 5) is 23.8. The predicted octanol–water partition coefficient (Wildman–Crippen LogP) is 4.52. The van der Waals surface area contributed by atoms with Gasteiger partial charge in [0.2, 0.25) is 0 Å². The number of nitrogens with one attached hydrogen (secondary N) is 1. The highest BCUT2D eigenvalue weighted by molar-refractivity contribution is 6.14. The molecule has 1 aliphatic heterocycles. The first kappa shape index (κ1) is 25.8. The van der Waals surface area contributed by atoms with Gasteiger partial charge in [-0.3, -0.25) is 15.0 Å². The summed E-state index contributed by atoms with van der Waals surface area (Å²) in [5, 5.41) is 1.35. The Morgan fingerprint density at radius 1 is 1.00 bits per heavy atom. The van der Waals surface area contributed by atoms with Gasteiger partial charge in [0.25, 0.3) is 11.8 Å². The summed E-state index contributed by atoms with van der Waals surface area (Å²) < 4.78 is 4.83. The van der Waals surface area contributed by atoms with Gasteiger partial charge in [-0.05, 0) is 32.4 Å². The number of hydrogen-bond acceptors (Lipinski definition) is 3. The number of benzene rings is 1. The zero-order chi connectivity index (χ0) is 20.4. The normalized spacial score (nSPS) is 14.7. The lowest BCUT2D eigenvalue weighted by molar-refractivity contribution is -0.127. The van der Waals surface area contributed by atoms with E-state index in [1.54, 1.807) is 12.1 Å². The molecule has 0 spiro atoms. The molecule has 1 saturated heterocycles. The second kappa shape index (κ2) is 17.4. The third-order valence-corrected chi connectivity index (χ3v) is 3.33. The summed E-state index contributed by atoms with van der Waals surface area (Å²) >= 11 is 0. The van der Waals surface area contributed by atoms with Crippen molar-refractivity contribution in [1.82, 2.24) is 5.43 Å². The van der Waals surface area contributed by atoms with E-state index < -0.39 is 5.92 Å². The third-order valence-electron chi connectivity index (χ3n) is 3.33. The molecule has 2 rings (SSSR count). The molecule has 0 saturated carbocycles. The van der Waals surface area contributed by atoms with E-state index in [1.807, 2.05) is 39.0 Å². The number of carbonyl (C=O) groups is 2. The van der Waals surface area contributed by atoms with Gasteiger partial charge in [0.05, 0.1) is 5.69 Å². The van der Waals surface area contributed by atoms with Crippen LogP contribution in [0.25, 0.3) is 0 Å². The van der Waals surface area contributed by atoms with Crippen molar-refractivity contribution in [3.8, 4) is 0 Å². The predicted molar refractivity (Wildman–Crippen MR) is 110 cm³/mol. The van der Waals surface area contributed by atoms with Crippen LogP contribution in [0.1, 0.15) is 40.0 Å². The summed E-state index contributed by atoms with van der Waals surface area (Å²) in [6.07, 6.45) is 2.51. The maximum Gasteiger partial charge on any atom is 0.258 e. The van der Waals surface area contributed by atoms with Crippen molar-refractivity contribution < 1.29 is 14.3 Å². The Kier molecular flexibility index (Phi) is 17.3. The summed E-state index contributed by atoms with van der Waals surface area (Å²) in [6.45, 7) is 19.7. The highest BCUT2D eigenvalue weighted by Gasteiger charge is 2.39. The average molecular weight is 363 g/mol. The maximum absolute atomic E-state index is 12.1. The second-order valence-electron chi connectivity index (χ2n) is 4.96. The molecule has 1 aliphatic rings. The molecule has 1 unspecified atom stereocenters. The summed E-state index contributed by atoms with van der Waals surface area (Å²) in [5.74, 6) is -0.850. The number of para-hydroxylation sites is 1. The van der Waals surface area contributed by atoms with Crippen LogP contribution in [0, 0.1) is 5.92 Å². The first-order valence-corrected chi connectivity index (χ1v) is 8.92. The molecule has 5 heteroatoms. The second-order valence-corrected chi connectivity index (χ2v) is 4.96. The van der Waals surface area contributed by atoms with Gasteiger partial charge < -0.3 is 4.74 Å². The standard InChI is InChI=1S/C13H16N2O2.C4H10O.2C2H4/c1-2-3-9-11-12(16)14-15(13(11)17)10-7-5-4-6-8-10;1-3-5-4-2;2*1-2/h4-8,11H,2-3,9H2,1H3,(H,14,16);3-4H2,1-2H3;2*1-2H2. The number of hydrogen-bond donors (Lipinski definition) is 1. The Balaban J connectivity index is 0. The number of anilines is 1. The molecule has 1 aromatic rings.